The SMILES string of the molecule is C/C=C\N(CC)N=N. The maximum absolute atomic E-state index is 6.56. The molecule has 0 radical (unpaired) electrons. The molecule has 0 spiro atoms. The van der Waals surface area contributed by atoms with Crippen molar-refractivity contribution in [3.05, 3.63) is 12.3 Å². The lowest BCUT2D eigenvalue weighted by Crippen LogP contribution is -2.05. The number of nitrogens with zero attached hydrogens (tertiary/aromatic N) is 2. The van der Waals surface area contributed by atoms with Gasteiger partial charge in [-0.3, -0.25) is 5.01 Å². The first-order chi connectivity index (χ1) is 3.85. The van der Waals surface area contributed by atoms with Crippen molar-refractivity contribution in [2.75, 3.05) is 6.54 Å². The first-order valence-electron chi connectivity index (χ1n) is 2.62. The van der Waals surface area contributed by atoms with E-state index in [-0.39, 0.29) is 0 Å². The van der Waals surface area contributed by atoms with Gasteiger partial charge < -0.3 is 0 Å². The highest BCUT2D eigenvalue weighted by molar-refractivity contribution is 4.73. The van der Waals surface area contributed by atoms with Crippen molar-refractivity contribution < 1.29 is 0 Å². The van der Waals surface area contributed by atoms with Crippen LogP contribution in [-0.4, -0.2) is 11.6 Å². The maximum Gasteiger partial charge on any atom is 0.0397 e. The van der Waals surface area contributed by atoms with Gasteiger partial charge in [-0.1, -0.05) is 11.3 Å². The molecule has 0 amide bonds. The predicted molar refractivity (Wildman–Crippen MR) is 32.3 cm³/mol. The minimum Gasteiger partial charge on any atom is -0.255 e. The Morgan fingerprint density at radius 1 is 1.75 bits per heavy atom. The first-order valence-corrected chi connectivity index (χ1v) is 2.62. The number of hydrogen-bond acceptors (Lipinski definition) is 2. The fourth-order valence-corrected chi connectivity index (χ4v) is 0.382. The van der Waals surface area contributed by atoms with Crippen molar-refractivity contribution >= 4 is 0 Å². The summed E-state index contributed by atoms with van der Waals surface area (Å²) < 4.78 is 0. The molecule has 0 aliphatic heterocycles. The van der Waals surface area contributed by atoms with E-state index in [0.717, 1.165) is 6.54 Å². The molecule has 0 saturated heterocycles. The Kier molecular flexibility index (Phi) is 3.84. The van der Waals surface area contributed by atoms with Crippen LogP contribution in [0.5, 0.6) is 0 Å². The smallest absolute Gasteiger partial charge is 0.0397 e. The molecule has 0 aromatic carbocycles. The minimum absolute atomic E-state index is 0.758. The zero-order valence-corrected chi connectivity index (χ0v) is 5.26. The summed E-state index contributed by atoms with van der Waals surface area (Å²) in [5.41, 5.74) is 6.56. The van der Waals surface area contributed by atoms with Crippen molar-refractivity contribution in [2.45, 2.75) is 13.8 Å². The van der Waals surface area contributed by atoms with E-state index < -0.39 is 0 Å². The van der Waals surface area contributed by atoms with E-state index in [0.29, 0.717) is 0 Å². The third-order valence-electron chi connectivity index (χ3n) is 0.774. The second-order valence-corrected chi connectivity index (χ2v) is 1.34. The highest BCUT2D eigenvalue weighted by Crippen LogP contribution is 1.87. The number of hydrogen-bond donors (Lipinski definition) is 1. The third-order valence-corrected chi connectivity index (χ3v) is 0.774. The van der Waals surface area contributed by atoms with Gasteiger partial charge in [0.2, 0.25) is 0 Å². The molecule has 0 fully saturated rings. The van der Waals surface area contributed by atoms with Gasteiger partial charge in [0.25, 0.3) is 0 Å². The van der Waals surface area contributed by atoms with Crippen LogP contribution in [0.1, 0.15) is 13.8 Å². The molecule has 0 saturated carbocycles. The van der Waals surface area contributed by atoms with Gasteiger partial charge in [0, 0.05) is 12.7 Å². The van der Waals surface area contributed by atoms with Crippen LogP contribution in [0.25, 0.3) is 0 Å². The fraction of sp³-hybridized carbons (Fsp3) is 0.600. The second kappa shape index (κ2) is 4.30. The average molecular weight is 113 g/mol. The van der Waals surface area contributed by atoms with Gasteiger partial charge in [-0.25, -0.2) is 0 Å². The summed E-state index contributed by atoms with van der Waals surface area (Å²) in [6, 6.07) is 0. The number of rotatable bonds is 3. The van der Waals surface area contributed by atoms with E-state index in [9.17, 15) is 0 Å². The average Bonchev–Trinajstić information content (AvgIpc) is 1.83. The zero-order chi connectivity index (χ0) is 6.41. The van der Waals surface area contributed by atoms with Gasteiger partial charge >= 0.3 is 0 Å². The highest BCUT2D eigenvalue weighted by Gasteiger charge is 1.84. The van der Waals surface area contributed by atoms with E-state index >= 15 is 0 Å². The molecule has 46 valence electrons. The van der Waals surface area contributed by atoms with Crippen molar-refractivity contribution in [1.29, 1.82) is 5.53 Å². The van der Waals surface area contributed by atoms with E-state index in [1.165, 1.54) is 0 Å². The summed E-state index contributed by atoms with van der Waals surface area (Å²) in [7, 11) is 0. The highest BCUT2D eigenvalue weighted by atomic mass is 15.5. The lowest BCUT2D eigenvalue weighted by molar-refractivity contribution is 0.381. The standard InChI is InChI=1S/C5H11N3/c1-3-5-8(4-2)7-6/h3,5-6H,4H2,1-2H3/b5-3-,7-6?. The Morgan fingerprint density at radius 2 is 2.38 bits per heavy atom. The van der Waals surface area contributed by atoms with Gasteiger partial charge in [-0.05, 0) is 13.8 Å². The topological polar surface area (TPSA) is 39.5 Å². The van der Waals surface area contributed by atoms with Gasteiger partial charge in [0.1, 0.15) is 0 Å². The van der Waals surface area contributed by atoms with Gasteiger partial charge in [0.05, 0.1) is 0 Å². The summed E-state index contributed by atoms with van der Waals surface area (Å²) in [4.78, 5) is 0. The van der Waals surface area contributed by atoms with E-state index in [1.54, 1.807) is 11.2 Å². The fourth-order valence-electron chi connectivity index (χ4n) is 0.382. The third kappa shape index (κ3) is 2.34. The van der Waals surface area contributed by atoms with Crippen LogP contribution in [0, 0.1) is 5.53 Å². The molecule has 8 heavy (non-hydrogen) atoms. The lowest BCUT2D eigenvalue weighted by atomic mass is 10.6. The molecular weight excluding hydrogens is 102 g/mol. The largest absolute Gasteiger partial charge is 0.255 e. The molecule has 0 aliphatic rings. The summed E-state index contributed by atoms with van der Waals surface area (Å²) >= 11 is 0. The summed E-state index contributed by atoms with van der Waals surface area (Å²) in [6.07, 6.45) is 3.61. The van der Waals surface area contributed by atoms with Gasteiger partial charge in [-0.15, -0.1) is 0 Å². The monoisotopic (exact) mass is 113 g/mol. The van der Waals surface area contributed by atoms with Crippen LogP contribution >= 0.6 is 0 Å². The second-order valence-electron chi connectivity index (χ2n) is 1.34. The lowest BCUT2D eigenvalue weighted by Gasteiger charge is -2.05. The van der Waals surface area contributed by atoms with Crippen molar-refractivity contribution in [1.82, 2.24) is 5.01 Å². The van der Waals surface area contributed by atoms with E-state index in [2.05, 4.69) is 5.22 Å². The van der Waals surface area contributed by atoms with Crippen molar-refractivity contribution in [3.8, 4) is 0 Å². The van der Waals surface area contributed by atoms with Crippen LogP contribution in [0.15, 0.2) is 17.5 Å². The van der Waals surface area contributed by atoms with E-state index in [4.69, 9.17) is 5.53 Å². The summed E-state index contributed by atoms with van der Waals surface area (Å²) in [5.74, 6) is 0. The quantitative estimate of drug-likeness (QED) is 0.440. The Labute approximate surface area is 49.5 Å². The van der Waals surface area contributed by atoms with Crippen molar-refractivity contribution in [3.63, 3.8) is 0 Å². The molecule has 0 aromatic rings. The molecule has 0 aromatic heterocycles. The number of allylic oxidation sites excluding steroid dienone is 1. The molecule has 3 nitrogen and oxygen atoms in total. The summed E-state index contributed by atoms with van der Waals surface area (Å²) in [6.45, 7) is 4.60. The van der Waals surface area contributed by atoms with Crippen LogP contribution in [0.3, 0.4) is 0 Å². The molecule has 0 bridgehead atoms. The Morgan fingerprint density at radius 3 is 2.50 bits per heavy atom. The van der Waals surface area contributed by atoms with E-state index in [1.807, 2.05) is 19.9 Å². The molecule has 1 N–H and O–H groups in total. The molecule has 3 heteroatoms. The van der Waals surface area contributed by atoms with Crippen molar-refractivity contribution in [2.24, 2.45) is 5.22 Å². The van der Waals surface area contributed by atoms with Gasteiger partial charge in [-0.2, -0.15) is 5.53 Å². The van der Waals surface area contributed by atoms with Crippen LogP contribution in [0.2, 0.25) is 0 Å². The molecule has 0 heterocycles. The normalized spacial score (nSPS) is 9.75. The van der Waals surface area contributed by atoms with Gasteiger partial charge in [0.15, 0.2) is 0 Å². The number of nitrogens with one attached hydrogen (secondary N) is 1. The zero-order valence-electron chi connectivity index (χ0n) is 5.26. The molecular formula is C5H11N3. The minimum atomic E-state index is 0.758. The van der Waals surface area contributed by atoms with Crippen LogP contribution < -0.4 is 0 Å². The predicted octanol–water partition coefficient (Wildman–Crippen LogP) is 1.79. The summed E-state index contributed by atoms with van der Waals surface area (Å²) in [5, 5.41) is 4.73. The maximum atomic E-state index is 6.56. The van der Waals surface area contributed by atoms with Crippen LogP contribution in [0.4, 0.5) is 0 Å². The Bertz CT molecular complexity index is 87.7. The molecule has 0 unspecified atom stereocenters. The van der Waals surface area contributed by atoms with Crippen LogP contribution in [-0.2, 0) is 0 Å². The molecule has 0 atom stereocenters. The first kappa shape index (κ1) is 7.14. The molecule has 0 rings (SSSR count). The Hall–Kier alpha value is -0.860. The molecule has 0 aliphatic carbocycles. The Balaban J connectivity index is 3.52.